The van der Waals surface area contributed by atoms with Crippen molar-refractivity contribution in [3.05, 3.63) is 54.1 Å². The van der Waals surface area contributed by atoms with Crippen LogP contribution >= 0.6 is 0 Å². The van der Waals surface area contributed by atoms with E-state index in [9.17, 15) is 13.2 Å². The number of hydrogen-bond acceptors (Lipinski definition) is 3. The first kappa shape index (κ1) is 16.0. The van der Waals surface area contributed by atoms with Crippen LogP contribution in [0.15, 0.2) is 53.4 Å². The van der Waals surface area contributed by atoms with E-state index in [0.717, 1.165) is 0 Å². The second kappa shape index (κ2) is 6.19. The molecule has 0 heterocycles. The zero-order valence-corrected chi connectivity index (χ0v) is 13.5. The predicted octanol–water partition coefficient (Wildman–Crippen LogP) is 2.78. The van der Waals surface area contributed by atoms with Crippen LogP contribution in [0.5, 0.6) is 0 Å². The lowest BCUT2D eigenvalue weighted by molar-refractivity contribution is -0.114. The maximum Gasteiger partial charge on any atom is 0.264 e. The van der Waals surface area contributed by atoms with E-state index < -0.39 is 10.0 Å². The van der Waals surface area contributed by atoms with Crippen LogP contribution in [0.3, 0.4) is 0 Å². The lowest BCUT2D eigenvalue weighted by atomic mass is 10.2. The maximum absolute atomic E-state index is 12.8. The summed E-state index contributed by atoms with van der Waals surface area (Å²) in [5.74, 6) is -0.247. The highest BCUT2D eigenvalue weighted by Gasteiger charge is 2.23. The van der Waals surface area contributed by atoms with Gasteiger partial charge in [0, 0.05) is 19.7 Å². The van der Waals surface area contributed by atoms with Gasteiger partial charge >= 0.3 is 0 Å². The Balaban J connectivity index is 2.47. The molecule has 0 radical (unpaired) electrons. The molecule has 1 N–H and O–H groups in total. The van der Waals surface area contributed by atoms with Crippen molar-refractivity contribution >= 4 is 27.3 Å². The summed E-state index contributed by atoms with van der Waals surface area (Å²) >= 11 is 0. The number of nitrogens with one attached hydrogen (secondary N) is 1. The average molecular weight is 318 g/mol. The number of benzene rings is 2. The average Bonchev–Trinajstić information content (AvgIpc) is 2.48. The molecular formula is C16H18N2O3S. The zero-order chi connectivity index (χ0) is 16.3. The summed E-state index contributed by atoms with van der Waals surface area (Å²) in [6.07, 6.45) is 0. The van der Waals surface area contributed by atoms with Gasteiger partial charge in [-0.1, -0.05) is 24.3 Å². The summed E-state index contributed by atoms with van der Waals surface area (Å²) in [6.45, 7) is 3.10. The van der Waals surface area contributed by atoms with E-state index in [1.165, 1.54) is 24.3 Å². The number of para-hydroxylation sites is 1. The third-order valence-corrected chi connectivity index (χ3v) is 5.19. The number of aryl methyl sites for hydroxylation is 1. The topological polar surface area (TPSA) is 66.5 Å². The smallest absolute Gasteiger partial charge is 0.264 e. The Morgan fingerprint density at radius 3 is 2.32 bits per heavy atom. The lowest BCUT2D eigenvalue weighted by Gasteiger charge is -2.21. The van der Waals surface area contributed by atoms with E-state index in [-0.39, 0.29) is 10.8 Å². The standard InChI is InChI=1S/C16H18N2O3S/c1-12-9-10-14(17-13(2)19)11-16(12)22(20,21)18(3)15-7-5-4-6-8-15/h4-11H,1-3H3,(H,17,19). The van der Waals surface area contributed by atoms with Crippen molar-refractivity contribution in [1.82, 2.24) is 0 Å². The first-order valence-electron chi connectivity index (χ1n) is 6.74. The van der Waals surface area contributed by atoms with E-state index in [4.69, 9.17) is 0 Å². The normalized spacial score (nSPS) is 11.0. The highest BCUT2D eigenvalue weighted by molar-refractivity contribution is 7.92. The van der Waals surface area contributed by atoms with Crippen LogP contribution in [0.1, 0.15) is 12.5 Å². The molecule has 116 valence electrons. The number of hydrogen-bond donors (Lipinski definition) is 1. The van der Waals surface area contributed by atoms with Crippen LogP contribution in [0.2, 0.25) is 0 Å². The number of nitrogens with zero attached hydrogens (tertiary/aromatic N) is 1. The fourth-order valence-corrected chi connectivity index (χ4v) is 3.53. The number of carbonyl (C=O) groups is 1. The second-order valence-electron chi connectivity index (χ2n) is 4.97. The van der Waals surface area contributed by atoms with Crippen LogP contribution in [0.25, 0.3) is 0 Å². The molecule has 2 rings (SSSR count). The second-order valence-corrected chi connectivity index (χ2v) is 6.91. The molecule has 6 heteroatoms. The van der Waals surface area contributed by atoms with Crippen molar-refractivity contribution in [3.8, 4) is 0 Å². The summed E-state index contributed by atoms with van der Waals surface area (Å²) < 4.78 is 26.8. The molecule has 0 aliphatic rings. The Labute approximate surface area is 130 Å². The first-order valence-corrected chi connectivity index (χ1v) is 8.18. The van der Waals surface area contributed by atoms with Gasteiger partial charge in [-0.05, 0) is 36.8 Å². The summed E-state index contributed by atoms with van der Waals surface area (Å²) in [5, 5.41) is 2.60. The zero-order valence-electron chi connectivity index (χ0n) is 12.7. The Bertz CT molecular complexity index is 786. The van der Waals surface area contributed by atoms with Crippen LogP contribution in [-0.2, 0) is 14.8 Å². The molecule has 0 aliphatic carbocycles. The van der Waals surface area contributed by atoms with Gasteiger partial charge in [-0.15, -0.1) is 0 Å². The van der Waals surface area contributed by atoms with Gasteiger partial charge in [0.15, 0.2) is 0 Å². The summed E-state index contributed by atoms with van der Waals surface area (Å²) in [7, 11) is -2.19. The molecule has 2 aromatic carbocycles. The Morgan fingerprint density at radius 1 is 1.09 bits per heavy atom. The van der Waals surface area contributed by atoms with Crippen LogP contribution in [-0.4, -0.2) is 21.4 Å². The summed E-state index contributed by atoms with van der Waals surface area (Å²) in [5.41, 5.74) is 1.65. The van der Waals surface area contributed by atoms with Gasteiger partial charge in [0.05, 0.1) is 10.6 Å². The highest BCUT2D eigenvalue weighted by atomic mass is 32.2. The van der Waals surface area contributed by atoms with Crippen molar-refractivity contribution in [3.63, 3.8) is 0 Å². The molecule has 5 nitrogen and oxygen atoms in total. The molecule has 0 fully saturated rings. The van der Waals surface area contributed by atoms with E-state index in [0.29, 0.717) is 16.9 Å². The Morgan fingerprint density at radius 2 is 1.73 bits per heavy atom. The van der Waals surface area contributed by atoms with Crippen LogP contribution in [0, 0.1) is 6.92 Å². The number of rotatable bonds is 4. The van der Waals surface area contributed by atoms with Gasteiger partial charge in [-0.25, -0.2) is 8.42 Å². The molecule has 22 heavy (non-hydrogen) atoms. The highest BCUT2D eigenvalue weighted by Crippen LogP contribution is 2.26. The maximum atomic E-state index is 12.8. The van der Waals surface area contributed by atoms with Crippen LogP contribution in [0.4, 0.5) is 11.4 Å². The van der Waals surface area contributed by atoms with E-state index >= 15 is 0 Å². The quantitative estimate of drug-likeness (QED) is 0.942. The summed E-state index contributed by atoms with van der Waals surface area (Å²) in [6, 6.07) is 13.7. The minimum atomic E-state index is -3.70. The minimum Gasteiger partial charge on any atom is -0.326 e. The van der Waals surface area contributed by atoms with Crippen molar-refractivity contribution in [2.45, 2.75) is 18.7 Å². The third kappa shape index (κ3) is 3.28. The van der Waals surface area contributed by atoms with Gasteiger partial charge in [0.1, 0.15) is 0 Å². The van der Waals surface area contributed by atoms with Crippen molar-refractivity contribution in [1.29, 1.82) is 0 Å². The van der Waals surface area contributed by atoms with Crippen molar-refractivity contribution in [2.24, 2.45) is 0 Å². The largest absolute Gasteiger partial charge is 0.326 e. The Kier molecular flexibility index (Phi) is 4.51. The van der Waals surface area contributed by atoms with Gasteiger partial charge in [-0.2, -0.15) is 0 Å². The number of anilines is 2. The van der Waals surface area contributed by atoms with Gasteiger partial charge in [-0.3, -0.25) is 9.10 Å². The molecule has 1 amide bonds. The predicted molar refractivity (Wildman–Crippen MR) is 87.5 cm³/mol. The van der Waals surface area contributed by atoms with E-state index in [1.807, 2.05) is 6.07 Å². The monoisotopic (exact) mass is 318 g/mol. The van der Waals surface area contributed by atoms with Gasteiger partial charge in [0.25, 0.3) is 10.0 Å². The molecule has 0 unspecified atom stereocenters. The third-order valence-electron chi connectivity index (χ3n) is 3.27. The minimum absolute atomic E-state index is 0.171. The van der Waals surface area contributed by atoms with Crippen LogP contribution < -0.4 is 9.62 Å². The first-order chi connectivity index (χ1) is 10.3. The Hall–Kier alpha value is -2.34. The molecule has 0 saturated carbocycles. The van der Waals surface area contributed by atoms with Crippen molar-refractivity contribution in [2.75, 3.05) is 16.7 Å². The van der Waals surface area contributed by atoms with Gasteiger partial charge < -0.3 is 5.32 Å². The fraction of sp³-hybridized carbons (Fsp3) is 0.188. The molecule has 0 atom stereocenters. The SMILES string of the molecule is CC(=O)Nc1ccc(C)c(S(=O)(=O)N(C)c2ccccc2)c1. The molecule has 0 aromatic heterocycles. The molecular weight excluding hydrogens is 300 g/mol. The molecule has 0 saturated heterocycles. The molecule has 0 spiro atoms. The number of sulfonamides is 1. The van der Waals surface area contributed by atoms with E-state index in [2.05, 4.69) is 5.32 Å². The number of amides is 1. The van der Waals surface area contributed by atoms with Crippen molar-refractivity contribution < 1.29 is 13.2 Å². The molecule has 0 bridgehead atoms. The number of carbonyl (C=O) groups excluding carboxylic acids is 1. The lowest BCUT2D eigenvalue weighted by Crippen LogP contribution is -2.27. The summed E-state index contributed by atoms with van der Waals surface area (Å²) in [4.78, 5) is 11.3. The van der Waals surface area contributed by atoms with E-state index in [1.54, 1.807) is 43.3 Å². The molecule has 0 aliphatic heterocycles. The van der Waals surface area contributed by atoms with Gasteiger partial charge in [0.2, 0.25) is 5.91 Å². The fourth-order valence-electron chi connectivity index (χ4n) is 2.08. The molecule has 2 aromatic rings.